The molecule has 1 aliphatic carbocycles. The monoisotopic (exact) mass is 353 g/mol. The van der Waals surface area contributed by atoms with Crippen LogP contribution >= 0.6 is 11.3 Å². The molecule has 1 nitrogen and oxygen atoms in total. The molecule has 5 rings (SSSR count). The number of benzene rings is 2. The third-order valence-electron chi connectivity index (χ3n) is 5.19. The average molecular weight is 353 g/mol. The van der Waals surface area contributed by atoms with Crippen molar-refractivity contribution in [3.8, 4) is 0 Å². The van der Waals surface area contributed by atoms with Crippen LogP contribution in [0.15, 0.2) is 73.5 Å². The van der Waals surface area contributed by atoms with E-state index in [0.717, 1.165) is 12.0 Å². The van der Waals surface area contributed by atoms with Gasteiger partial charge in [0.1, 0.15) is 0 Å². The molecule has 0 spiro atoms. The third kappa shape index (κ3) is 2.30. The van der Waals surface area contributed by atoms with Gasteiger partial charge in [-0.25, -0.2) is 0 Å². The van der Waals surface area contributed by atoms with Crippen LogP contribution in [0.2, 0.25) is 0 Å². The van der Waals surface area contributed by atoms with Gasteiger partial charge in [-0.1, -0.05) is 49.1 Å². The van der Waals surface area contributed by atoms with Gasteiger partial charge in [0, 0.05) is 34.1 Å². The van der Waals surface area contributed by atoms with Gasteiger partial charge in [-0.15, -0.1) is 11.3 Å². The molecule has 0 fully saturated rings. The van der Waals surface area contributed by atoms with Gasteiger partial charge < -0.3 is 4.90 Å². The van der Waals surface area contributed by atoms with Crippen LogP contribution in [-0.2, 0) is 6.42 Å². The first-order chi connectivity index (χ1) is 12.7. The number of thiophene rings is 1. The van der Waals surface area contributed by atoms with Crippen LogP contribution in [0.5, 0.6) is 0 Å². The molecule has 0 saturated heterocycles. The van der Waals surface area contributed by atoms with Crippen LogP contribution < -0.4 is 4.90 Å². The fraction of sp³-hybridized carbons (Fsp3) is 0.0833. The van der Waals surface area contributed by atoms with Crippen molar-refractivity contribution in [3.05, 3.63) is 95.0 Å². The van der Waals surface area contributed by atoms with Gasteiger partial charge in [0.05, 0.1) is 0 Å². The lowest BCUT2D eigenvalue weighted by atomic mass is 9.96. The van der Waals surface area contributed by atoms with Gasteiger partial charge in [0.2, 0.25) is 0 Å². The summed E-state index contributed by atoms with van der Waals surface area (Å²) >= 11 is 1.90. The SMILES string of the molecule is C=C1/C=C(c2cccc3c4c(sc23)C=CC4)\C=C/N(C)c2ccccc21. The Hall–Kier alpha value is -2.84. The summed E-state index contributed by atoms with van der Waals surface area (Å²) in [5, 5.41) is 1.39. The number of hydrogen-bond acceptors (Lipinski definition) is 2. The van der Waals surface area contributed by atoms with E-state index < -0.39 is 0 Å². The number of nitrogens with zero attached hydrogens (tertiary/aromatic N) is 1. The lowest BCUT2D eigenvalue weighted by molar-refractivity contribution is 1.19. The Morgan fingerprint density at radius 3 is 2.77 bits per heavy atom. The normalized spacial score (nSPS) is 18.9. The molecule has 2 aliphatic rings. The highest BCUT2D eigenvalue weighted by Gasteiger charge is 2.17. The number of anilines is 1. The largest absolute Gasteiger partial charge is 0.351 e. The van der Waals surface area contributed by atoms with Crippen LogP contribution in [0.25, 0.3) is 27.3 Å². The Morgan fingerprint density at radius 2 is 1.85 bits per heavy atom. The second kappa shape index (κ2) is 5.86. The summed E-state index contributed by atoms with van der Waals surface area (Å²) in [6.45, 7) is 4.35. The number of para-hydroxylation sites is 1. The molecule has 0 radical (unpaired) electrons. The Morgan fingerprint density at radius 1 is 1.00 bits per heavy atom. The van der Waals surface area contributed by atoms with E-state index in [2.05, 4.69) is 91.5 Å². The minimum Gasteiger partial charge on any atom is -0.351 e. The van der Waals surface area contributed by atoms with Gasteiger partial charge in [-0.05, 0) is 58.4 Å². The van der Waals surface area contributed by atoms with E-state index in [9.17, 15) is 0 Å². The predicted octanol–water partition coefficient (Wildman–Crippen LogP) is 6.53. The molecule has 1 aliphatic heterocycles. The van der Waals surface area contributed by atoms with Crippen molar-refractivity contribution in [2.75, 3.05) is 11.9 Å². The molecule has 0 unspecified atom stereocenters. The molecule has 0 atom stereocenters. The van der Waals surface area contributed by atoms with Crippen molar-refractivity contribution in [1.29, 1.82) is 0 Å². The van der Waals surface area contributed by atoms with E-state index >= 15 is 0 Å². The first-order valence-electron chi connectivity index (χ1n) is 8.85. The fourth-order valence-electron chi connectivity index (χ4n) is 3.85. The molecule has 126 valence electrons. The summed E-state index contributed by atoms with van der Waals surface area (Å²) < 4.78 is 1.38. The van der Waals surface area contributed by atoms with Gasteiger partial charge in [-0.3, -0.25) is 0 Å². The summed E-state index contributed by atoms with van der Waals surface area (Å²) in [4.78, 5) is 3.58. The van der Waals surface area contributed by atoms with Crippen molar-refractivity contribution in [2.45, 2.75) is 6.42 Å². The van der Waals surface area contributed by atoms with E-state index in [1.807, 2.05) is 11.3 Å². The molecule has 0 saturated carbocycles. The van der Waals surface area contributed by atoms with E-state index in [0.29, 0.717) is 0 Å². The maximum Gasteiger partial charge on any atom is 0.0482 e. The molecule has 0 N–H and O–H groups in total. The summed E-state index contributed by atoms with van der Waals surface area (Å²) in [5.41, 5.74) is 7.39. The topological polar surface area (TPSA) is 3.24 Å². The quantitative estimate of drug-likeness (QED) is 0.481. The second-order valence-electron chi connectivity index (χ2n) is 6.80. The van der Waals surface area contributed by atoms with Crippen LogP contribution in [-0.4, -0.2) is 7.05 Å². The van der Waals surface area contributed by atoms with Gasteiger partial charge in [-0.2, -0.15) is 0 Å². The van der Waals surface area contributed by atoms with Gasteiger partial charge in [0.15, 0.2) is 0 Å². The molecule has 1 aromatic heterocycles. The van der Waals surface area contributed by atoms with E-state index in [1.54, 1.807) is 0 Å². The van der Waals surface area contributed by atoms with Crippen molar-refractivity contribution >= 4 is 44.3 Å². The lowest BCUT2D eigenvalue weighted by Crippen LogP contribution is -2.11. The molecule has 2 aromatic carbocycles. The first kappa shape index (κ1) is 15.4. The van der Waals surface area contributed by atoms with Gasteiger partial charge in [0.25, 0.3) is 0 Å². The average Bonchev–Trinajstić information content (AvgIpc) is 3.25. The number of fused-ring (bicyclic) bond motifs is 4. The highest BCUT2D eigenvalue weighted by molar-refractivity contribution is 7.20. The van der Waals surface area contributed by atoms with Crippen LogP contribution in [0.3, 0.4) is 0 Å². The molecule has 2 heteroatoms. The molecular formula is C24H19NS. The van der Waals surface area contributed by atoms with Crippen molar-refractivity contribution in [2.24, 2.45) is 0 Å². The van der Waals surface area contributed by atoms with E-state index in [1.165, 1.54) is 42.9 Å². The molecule has 26 heavy (non-hydrogen) atoms. The maximum atomic E-state index is 4.35. The number of rotatable bonds is 1. The van der Waals surface area contributed by atoms with Crippen LogP contribution in [0, 0.1) is 0 Å². The van der Waals surface area contributed by atoms with Crippen LogP contribution in [0.4, 0.5) is 5.69 Å². The molecule has 2 heterocycles. The summed E-state index contributed by atoms with van der Waals surface area (Å²) in [6, 6.07) is 15.1. The second-order valence-corrected chi connectivity index (χ2v) is 7.85. The Balaban J connectivity index is 1.71. The highest BCUT2D eigenvalue weighted by atomic mass is 32.1. The van der Waals surface area contributed by atoms with Crippen LogP contribution in [0.1, 0.15) is 21.6 Å². The summed E-state index contributed by atoms with van der Waals surface area (Å²) in [6.07, 6.45) is 12.1. The zero-order valence-corrected chi connectivity index (χ0v) is 15.5. The van der Waals surface area contributed by atoms with Crippen molar-refractivity contribution in [3.63, 3.8) is 0 Å². The Kier molecular flexibility index (Phi) is 3.47. The molecular weight excluding hydrogens is 334 g/mol. The summed E-state index contributed by atoms with van der Waals surface area (Å²) in [7, 11) is 2.09. The Bertz CT molecular complexity index is 1140. The fourth-order valence-corrected chi connectivity index (χ4v) is 5.15. The van der Waals surface area contributed by atoms with E-state index in [4.69, 9.17) is 0 Å². The van der Waals surface area contributed by atoms with Crippen molar-refractivity contribution < 1.29 is 0 Å². The van der Waals surface area contributed by atoms with E-state index in [-0.39, 0.29) is 0 Å². The van der Waals surface area contributed by atoms with Crippen molar-refractivity contribution in [1.82, 2.24) is 0 Å². The first-order valence-corrected chi connectivity index (χ1v) is 9.66. The third-order valence-corrected chi connectivity index (χ3v) is 6.44. The highest BCUT2D eigenvalue weighted by Crippen LogP contribution is 2.41. The number of allylic oxidation sites excluding steroid dienone is 5. The zero-order chi connectivity index (χ0) is 17.7. The standard InChI is InChI=1S/C24H19NS/c1-16-15-17(13-14-25(2)22-11-4-3-7-18(16)22)19-8-5-10-21-20-9-6-12-23(20)26-24(19)21/h3-8,10-15H,1,9H2,2H3/b14-13-,17-15+. The molecule has 0 bridgehead atoms. The number of hydrogen-bond donors (Lipinski definition) is 0. The zero-order valence-electron chi connectivity index (χ0n) is 14.7. The molecule has 3 aromatic rings. The predicted molar refractivity (Wildman–Crippen MR) is 116 cm³/mol. The Labute approximate surface area is 157 Å². The minimum atomic E-state index is 1.05. The maximum absolute atomic E-state index is 4.35. The van der Waals surface area contributed by atoms with Gasteiger partial charge >= 0.3 is 0 Å². The molecule has 0 amide bonds. The smallest absolute Gasteiger partial charge is 0.0482 e. The lowest BCUT2D eigenvalue weighted by Gasteiger charge is -2.21. The minimum absolute atomic E-state index is 1.05. The summed E-state index contributed by atoms with van der Waals surface area (Å²) in [5.74, 6) is 0.